The van der Waals surface area contributed by atoms with Gasteiger partial charge in [-0.3, -0.25) is 0 Å². The summed E-state index contributed by atoms with van der Waals surface area (Å²) >= 11 is 0. The maximum absolute atomic E-state index is 13.3. The van der Waals surface area contributed by atoms with E-state index in [1.165, 1.54) is 0 Å². The van der Waals surface area contributed by atoms with Crippen LogP contribution in [0.2, 0.25) is 0 Å². The molecule has 3 N–H and O–H groups in total. The average molecular weight is 559 g/mol. The molecule has 0 aromatic heterocycles. The van der Waals surface area contributed by atoms with E-state index in [4.69, 9.17) is 9.47 Å². The lowest BCUT2D eigenvalue weighted by Crippen LogP contribution is -2.66. The molecule has 7 nitrogen and oxygen atoms in total. The minimum atomic E-state index is -2.10. The van der Waals surface area contributed by atoms with Gasteiger partial charge in [0.25, 0.3) is 0 Å². The zero-order valence-corrected chi connectivity index (χ0v) is 23.9. The summed E-state index contributed by atoms with van der Waals surface area (Å²) in [5.41, 5.74) is -1.88. The third kappa shape index (κ3) is 3.97. The minimum Gasteiger partial charge on any atom is -0.457 e. The molecule has 2 saturated carbocycles. The highest BCUT2D eigenvalue weighted by molar-refractivity contribution is 5.90. The molecule has 1 unspecified atom stereocenters. The topological polar surface area (TPSA) is 113 Å². The molecule has 216 valence electrons. The van der Waals surface area contributed by atoms with Crippen LogP contribution in [0.3, 0.4) is 0 Å². The Hall–Kier alpha value is -3.26. The fourth-order valence-electron chi connectivity index (χ4n) is 8.45. The van der Waals surface area contributed by atoms with E-state index < -0.39 is 47.2 Å². The van der Waals surface area contributed by atoms with Crippen molar-refractivity contribution < 1.29 is 34.4 Å². The predicted octanol–water partition coefficient (Wildman–Crippen LogP) is 4.34. The van der Waals surface area contributed by atoms with Crippen LogP contribution in [0.5, 0.6) is 0 Å². The van der Waals surface area contributed by atoms with Crippen molar-refractivity contribution in [2.75, 3.05) is 6.61 Å². The van der Waals surface area contributed by atoms with Gasteiger partial charge in [-0.15, -0.1) is 0 Å². The molecule has 9 atom stereocenters. The normalized spacial score (nSPS) is 38.3. The molecule has 7 heteroatoms. The lowest BCUT2D eigenvalue weighted by Gasteiger charge is -2.52. The van der Waals surface area contributed by atoms with Gasteiger partial charge in [0, 0.05) is 5.92 Å². The van der Waals surface area contributed by atoms with E-state index in [-0.39, 0.29) is 23.9 Å². The highest BCUT2D eigenvalue weighted by atomic mass is 16.6. The fraction of sp³-hybridized carbons (Fsp3) is 0.471. The summed E-state index contributed by atoms with van der Waals surface area (Å²) in [7, 11) is 0. The van der Waals surface area contributed by atoms with E-state index >= 15 is 0 Å². The number of hydrogen-bond donors (Lipinski definition) is 3. The summed E-state index contributed by atoms with van der Waals surface area (Å²) in [6.45, 7) is 7.87. The van der Waals surface area contributed by atoms with Gasteiger partial charge >= 0.3 is 11.9 Å². The van der Waals surface area contributed by atoms with Crippen LogP contribution < -0.4 is 0 Å². The summed E-state index contributed by atoms with van der Waals surface area (Å²) in [4.78, 5) is 26.1. The molecule has 4 aliphatic rings. The first-order valence-electron chi connectivity index (χ1n) is 14.4. The number of hydrogen-bond acceptors (Lipinski definition) is 7. The molecular formula is C34H38O7. The standard InChI is InChI=1S/C34H38O7/c1-19-17-33-20(2)15-25-26(32(25,3)4)24(28(33)36)16-23(18-40-30(37)21-11-7-5-8-12-21)27(35)34(33,39)29(19)41-31(38)22-13-9-6-10-14-22/h5-14,16-17,20,24-29,35-36,39H,15,18H2,1-4H3/t20-,24+,25-,26+,27-,28?,29+,33+,34+/m1/s1. The SMILES string of the molecule is CC1=C[C@]23C(O)[C@@H](C=C(COC(=O)c4ccccc4)[C@@H](O)[C@]2(O)[C@H]1OC(=O)c1ccccc1)[C@H]1[C@@H](C[C@H]3C)C1(C)C. The number of rotatable bonds is 5. The van der Waals surface area contributed by atoms with Crippen molar-refractivity contribution in [3.8, 4) is 0 Å². The van der Waals surface area contributed by atoms with E-state index in [1.54, 1.807) is 67.6 Å². The van der Waals surface area contributed by atoms with Crippen LogP contribution in [0.15, 0.2) is 84.0 Å². The Morgan fingerprint density at radius 2 is 1.54 bits per heavy atom. The van der Waals surface area contributed by atoms with Crippen LogP contribution in [0, 0.1) is 34.5 Å². The lowest BCUT2D eigenvalue weighted by atomic mass is 9.58. The first-order valence-corrected chi connectivity index (χ1v) is 14.4. The Morgan fingerprint density at radius 3 is 2.15 bits per heavy atom. The number of benzene rings is 2. The van der Waals surface area contributed by atoms with Gasteiger partial charge in [-0.2, -0.15) is 0 Å². The van der Waals surface area contributed by atoms with Crippen LogP contribution in [0.4, 0.5) is 0 Å². The van der Waals surface area contributed by atoms with E-state index in [2.05, 4.69) is 13.8 Å². The highest BCUT2D eigenvalue weighted by Gasteiger charge is 2.76. The Balaban J connectivity index is 1.42. The Morgan fingerprint density at radius 1 is 0.951 bits per heavy atom. The number of aliphatic hydroxyl groups is 3. The molecule has 6 rings (SSSR count). The van der Waals surface area contributed by atoms with Crippen LogP contribution in [0.1, 0.15) is 54.8 Å². The number of fused-ring (bicyclic) bond motifs is 3. The number of ether oxygens (including phenoxy) is 2. The molecule has 2 aromatic carbocycles. The minimum absolute atomic E-state index is 0.0339. The number of aliphatic hydroxyl groups excluding tert-OH is 2. The van der Waals surface area contributed by atoms with Gasteiger partial charge in [0.2, 0.25) is 0 Å². The largest absolute Gasteiger partial charge is 0.457 e. The second kappa shape index (κ2) is 9.65. The van der Waals surface area contributed by atoms with Crippen molar-refractivity contribution in [1.82, 2.24) is 0 Å². The van der Waals surface area contributed by atoms with Crippen LogP contribution in [0.25, 0.3) is 0 Å². The summed E-state index contributed by atoms with van der Waals surface area (Å²) < 4.78 is 11.6. The predicted molar refractivity (Wildman–Crippen MR) is 152 cm³/mol. The van der Waals surface area contributed by atoms with Gasteiger partial charge in [0.15, 0.2) is 6.10 Å². The molecule has 2 fully saturated rings. The molecule has 0 aliphatic heterocycles. The van der Waals surface area contributed by atoms with Gasteiger partial charge in [0.05, 0.1) is 22.6 Å². The molecular weight excluding hydrogens is 520 g/mol. The van der Waals surface area contributed by atoms with Crippen LogP contribution in [-0.4, -0.2) is 57.8 Å². The maximum atomic E-state index is 13.3. The number of carbonyl (C=O) groups is 2. The maximum Gasteiger partial charge on any atom is 0.338 e. The van der Waals surface area contributed by atoms with E-state index in [9.17, 15) is 24.9 Å². The van der Waals surface area contributed by atoms with Gasteiger partial charge in [0.1, 0.15) is 18.3 Å². The van der Waals surface area contributed by atoms with Gasteiger partial charge in [-0.1, -0.05) is 69.3 Å². The van der Waals surface area contributed by atoms with Gasteiger partial charge in [-0.05, 0) is 71.9 Å². The summed E-state index contributed by atoms with van der Waals surface area (Å²) in [5.74, 6) is -1.42. The molecule has 0 saturated heterocycles. The summed E-state index contributed by atoms with van der Waals surface area (Å²) in [5, 5.41) is 37.1. The van der Waals surface area contributed by atoms with E-state index in [0.29, 0.717) is 28.2 Å². The van der Waals surface area contributed by atoms with Crippen molar-refractivity contribution in [3.63, 3.8) is 0 Å². The molecule has 2 aromatic rings. The van der Waals surface area contributed by atoms with Crippen molar-refractivity contribution in [1.29, 1.82) is 0 Å². The second-order valence-electron chi connectivity index (χ2n) is 13.0. The Kier molecular flexibility index (Phi) is 6.56. The monoisotopic (exact) mass is 558 g/mol. The summed E-state index contributed by atoms with van der Waals surface area (Å²) in [6.07, 6.45) is 0.536. The van der Waals surface area contributed by atoms with Crippen LogP contribution in [-0.2, 0) is 9.47 Å². The Labute approximate surface area is 240 Å². The smallest absolute Gasteiger partial charge is 0.338 e. The van der Waals surface area contributed by atoms with Crippen molar-refractivity contribution in [3.05, 3.63) is 95.1 Å². The van der Waals surface area contributed by atoms with E-state index in [0.717, 1.165) is 6.42 Å². The highest BCUT2D eigenvalue weighted by Crippen LogP contribution is 2.72. The first-order chi connectivity index (χ1) is 19.4. The fourth-order valence-corrected chi connectivity index (χ4v) is 8.45. The third-order valence-electron chi connectivity index (χ3n) is 10.6. The molecule has 0 radical (unpaired) electrons. The van der Waals surface area contributed by atoms with Crippen molar-refractivity contribution in [2.24, 2.45) is 34.5 Å². The van der Waals surface area contributed by atoms with Crippen LogP contribution >= 0.6 is 0 Å². The average Bonchev–Trinajstić information content (AvgIpc) is 3.46. The second-order valence-corrected chi connectivity index (χ2v) is 13.0. The van der Waals surface area contributed by atoms with Gasteiger partial charge < -0.3 is 24.8 Å². The zero-order chi connectivity index (χ0) is 29.3. The summed E-state index contributed by atoms with van der Waals surface area (Å²) in [6, 6.07) is 17.1. The zero-order valence-electron chi connectivity index (χ0n) is 23.9. The molecule has 4 aliphatic carbocycles. The first kappa shape index (κ1) is 27.9. The Bertz CT molecular complexity index is 1410. The molecule has 0 heterocycles. The molecule has 41 heavy (non-hydrogen) atoms. The third-order valence-corrected chi connectivity index (χ3v) is 10.6. The molecule has 1 spiro atoms. The van der Waals surface area contributed by atoms with Gasteiger partial charge in [-0.25, -0.2) is 9.59 Å². The lowest BCUT2D eigenvalue weighted by molar-refractivity contribution is -0.215. The quantitative estimate of drug-likeness (QED) is 0.370. The van der Waals surface area contributed by atoms with E-state index in [1.807, 2.05) is 19.1 Å². The molecule has 2 bridgehead atoms. The molecule has 0 amide bonds. The van der Waals surface area contributed by atoms with Crippen molar-refractivity contribution >= 4 is 11.9 Å². The van der Waals surface area contributed by atoms with Crippen molar-refractivity contribution in [2.45, 2.75) is 58.0 Å². The number of carbonyl (C=O) groups excluding carboxylic acids is 2. The number of esters is 2.